The van der Waals surface area contributed by atoms with E-state index >= 15 is 0 Å². The first kappa shape index (κ1) is 20.3. The molecular weight excluding hydrogens is 430 g/mol. The van der Waals surface area contributed by atoms with Gasteiger partial charge < -0.3 is 10.4 Å². The Morgan fingerprint density at radius 2 is 1.97 bits per heavy atom. The third kappa shape index (κ3) is 3.08. The van der Waals surface area contributed by atoms with E-state index < -0.39 is 5.41 Å². The second-order valence-corrected chi connectivity index (χ2v) is 8.32. The van der Waals surface area contributed by atoms with Gasteiger partial charge in [0.1, 0.15) is 23.3 Å². The number of nitrogens with one attached hydrogen (secondary N) is 1. The number of fused-ring (bicyclic) bond motifs is 2. The minimum atomic E-state index is -1.15. The summed E-state index contributed by atoms with van der Waals surface area (Å²) in [5, 5.41) is 18.5. The number of unbranched alkanes of at least 4 members (excludes halogenated alkanes) is 1. The zero-order chi connectivity index (χ0) is 22.5. The molecule has 1 atom stereocenters. The second kappa shape index (κ2) is 7.52. The zero-order valence-electron chi connectivity index (χ0n) is 17.5. The largest absolute Gasteiger partial charge is 0.493 e. The van der Waals surface area contributed by atoms with Crippen molar-refractivity contribution < 1.29 is 9.90 Å². The first-order valence-electron chi connectivity index (χ1n) is 10.3. The number of halogens is 1. The lowest BCUT2D eigenvalue weighted by atomic mass is 9.78. The number of amides is 1. The number of benzene rings is 1. The van der Waals surface area contributed by atoms with E-state index in [1.807, 2.05) is 0 Å². The maximum Gasteiger partial charge on any atom is 0.240 e. The Hall–Kier alpha value is -3.59. The molecule has 1 amide bonds. The molecule has 32 heavy (non-hydrogen) atoms. The smallest absolute Gasteiger partial charge is 0.240 e. The third-order valence-corrected chi connectivity index (χ3v) is 6.08. The molecular formula is C22H20ClN7O2. The SMILES string of the molecule is CCCCc1nc(-c2nc(O)c3c(n2)NC(=O)C3(C)c2ccc(Cl)cc2)cn2ncnc12. The number of rotatable bonds is 5. The minimum Gasteiger partial charge on any atom is -0.493 e. The Balaban J connectivity index is 1.63. The predicted octanol–water partition coefficient (Wildman–Crippen LogP) is 3.54. The van der Waals surface area contributed by atoms with Crippen molar-refractivity contribution >= 4 is 29.0 Å². The van der Waals surface area contributed by atoms with Gasteiger partial charge in [-0.2, -0.15) is 10.1 Å². The van der Waals surface area contributed by atoms with Crippen molar-refractivity contribution in [1.82, 2.24) is 29.5 Å². The molecule has 2 N–H and O–H groups in total. The van der Waals surface area contributed by atoms with Crippen molar-refractivity contribution in [3.63, 3.8) is 0 Å². The van der Waals surface area contributed by atoms with E-state index in [0.717, 1.165) is 25.0 Å². The number of aromatic hydroxyl groups is 1. The topological polar surface area (TPSA) is 118 Å². The highest BCUT2D eigenvalue weighted by Gasteiger charge is 2.48. The van der Waals surface area contributed by atoms with Gasteiger partial charge in [0.15, 0.2) is 11.5 Å². The Kier molecular flexibility index (Phi) is 4.78. The highest BCUT2D eigenvalue weighted by atomic mass is 35.5. The van der Waals surface area contributed by atoms with E-state index in [2.05, 4.69) is 37.3 Å². The summed E-state index contributed by atoms with van der Waals surface area (Å²) in [6.45, 7) is 3.83. The third-order valence-electron chi connectivity index (χ3n) is 5.82. The summed E-state index contributed by atoms with van der Waals surface area (Å²) in [5.74, 6) is -0.140. The molecule has 0 radical (unpaired) electrons. The zero-order valence-corrected chi connectivity index (χ0v) is 18.3. The molecule has 3 aromatic heterocycles. The van der Waals surface area contributed by atoms with Gasteiger partial charge in [-0.3, -0.25) is 4.79 Å². The van der Waals surface area contributed by atoms with E-state index in [0.29, 0.717) is 27.5 Å². The number of anilines is 1. The molecule has 10 heteroatoms. The molecule has 1 aliphatic heterocycles. The molecule has 1 unspecified atom stereocenters. The minimum absolute atomic E-state index is 0.192. The summed E-state index contributed by atoms with van der Waals surface area (Å²) in [6.07, 6.45) is 5.82. The van der Waals surface area contributed by atoms with Crippen molar-refractivity contribution in [1.29, 1.82) is 0 Å². The van der Waals surface area contributed by atoms with Crippen molar-refractivity contribution in [3.05, 3.63) is 58.6 Å². The Bertz CT molecular complexity index is 1350. The standard InChI is InChI=1S/C22H20ClN7O2/c1-3-4-5-14-19-24-11-25-30(19)10-15(26-14)17-27-18-16(20(31)28-17)22(2,21(32)29-18)12-6-8-13(23)9-7-12/h6-11H,3-5H2,1-2H3,(H2,27,28,29,31,32). The maximum atomic E-state index is 13.0. The molecule has 0 spiro atoms. The molecule has 0 aliphatic carbocycles. The van der Waals surface area contributed by atoms with Crippen LogP contribution in [-0.4, -0.2) is 40.6 Å². The normalized spacial score (nSPS) is 17.5. The van der Waals surface area contributed by atoms with Gasteiger partial charge in [0, 0.05) is 5.02 Å². The molecule has 0 bridgehead atoms. The van der Waals surface area contributed by atoms with Gasteiger partial charge in [-0.1, -0.05) is 37.1 Å². The molecule has 5 rings (SSSR count). The van der Waals surface area contributed by atoms with Crippen LogP contribution in [0.15, 0.2) is 36.8 Å². The average Bonchev–Trinajstić information content (AvgIpc) is 3.35. The molecule has 1 aliphatic rings. The molecule has 0 saturated carbocycles. The summed E-state index contributed by atoms with van der Waals surface area (Å²) in [4.78, 5) is 30.8. The van der Waals surface area contributed by atoms with E-state index in [-0.39, 0.29) is 23.4 Å². The van der Waals surface area contributed by atoms with Gasteiger partial charge in [-0.25, -0.2) is 19.5 Å². The van der Waals surface area contributed by atoms with Gasteiger partial charge in [0.25, 0.3) is 0 Å². The van der Waals surface area contributed by atoms with Crippen LogP contribution in [0.2, 0.25) is 5.02 Å². The van der Waals surface area contributed by atoms with Crippen molar-refractivity contribution in [2.45, 2.75) is 38.5 Å². The van der Waals surface area contributed by atoms with E-state index in [9.17, 15) is 9.90 Å². The van der Waals surface area contributed by atoms with Crippen molar-refractivity contribution in [2.24, 2.45) is 0 Å². The molecule has 4 heterocycles. The fourth-order valence-corrected chi connectivity index (χ4v) is 4.16. The highest BCUT2D eigenvalue weighted by Crippen LogP contribution is 2.46. The number of carbonyl (C=O) groups excluding carboxylic acids is 1. The van der Waals surface area contributed by atoms with Gasteiger partial charge in [-0.05, 0) is 37.5 Å². The number of hydrogen-bond donors (Lipinski definition) is 2. The summed E-state index contributed by atoms with van der Waals surface area (Å²) < 4.78 is 1.62. The summed E-state index contributed by atoms with van der Waals surface area (Å²) in [7, 11) is 0. The summed E-state index contributed by atoms with van der Waals surface area (Å²) in [5.41, 5.74) is 1.73. The van der Waals surface area contributed by atoms with E-state index in [1.165, 1.54) is 6.33 Å². The lowest BCUT2D eigenvalue weighted by Crippen LogP contribution is -2.32. The van der Waals surface area contributed by atoms with Crippen molar-refractivity contribution in [2.75, 3.05) is 5.32 Å². The molecule has 0 saturated heterocycles. The van der Waals surface area contributed by atoms with Crippen LogP contribution in [0.1, 0.15) is 43.5 Å². The van der Waals surface area contributed by atoms with Crippen molar-refractivity contribution in [3.8, 4) is 17.4 Å². The lowest BCUT2D eigenvalue weighted by Gasteiger charge is -2.22. The number of aromatic nitrogens is 6. The average molecular weight is 450 g/mol. The first-order valence-corrected chi connectivity index (χ1v) is 10.7. The van der Waals surface area contributed by atoms with Crippen LogP contribution in [0.5, 0.6) is 5.88 Å². The molecule has 162 valence electrons. The Morgan fingerprint density at radius 1 is 1.19 bits per heavy atom. The molecule has 1 aromatic carbocycles. The number of nitrogens with zero attached hydrogens (tertiary/aromatic N) is 6. The number of aryl methyl sites for hydroxylation is 1. The van der Waals surface area contributed by atoms with Crippen LogP contribution in [0.25, 0.3) is 17.2 Å². The summed E-state index contributed by atoms with van der Waals surface area (Å²) >= 11 is 6.00. The van der Waals surface area contributed by atoms with Gasteiger partial charge in [0.05, 0.1) is 17.5 Å². The van der Waals surface area contributed by atoms with Crippen LogP contribution in [0, 0.1) is 0 Å². The second-order valence-electron chi connectivity index (χ2n) is 7.89. The van der Waals surface area contributed by atoms with Crippen LogP contribution >= 0.6 is 11.6 Å². The Morgan fingerprint density at radius 3 is 2.72 bits per heavy atom. The molecule has 0 fully saturated rings. The van der Waals surface area contributed by atoms with Crippen LogP contribution in [0.3, 0.4) is 0 Å². The number of hydrogen-bond acceptors (Lipinski definition) is 7. The van der Waals surface area contributed by atoms with Crippen LogP contribution in [-0.2, 0) is 16.6 Å². The number of carbonyl (C=O) groups is 1. The van der Waals surface area contributed by atoms with E-state index in [1.54, 1.807) is 41.9 Å². The monoisotopic (exact) mass is 449 g/mol. The highest BCUT2D eigenvalue weighted by molar-refractivity contribution is 6.30. The molecule has 4 aromatic rings. The lowest BCUT2D eigenvalue weighted by molar-refractivity contribution is -0.119. The molecule has 9 nitrogen and oxygen atoms in total. The van der Waals surface area contributed by atoms with E-state index in [4.69, 9.17) is 11.6 Å². The van der Waals surface area contributed by atoms with Gasteiger partial charge in [-0.15, -0.1) is 0 Å². The Labute approximate surface area is 188 Å². The fourth-order valence-electron chi connectivity index (χ4n) is 4.03. The predicted molar refractivity (Wildman–Crippen MR) is 119 cm³/mol. The maximum absolute atomic E-state index is 13.0. The quantitative estimate of drug-likeness (QED) is 0.478. The van der Waals surface area contributed by atoms with Crippen LogP contribution in [0.4, 0.5) is 5.82 Å². The fraction of sp³-hybridized carbons (Fsp3) is 0.273. The summed E-state index contributed by atoms with van der Waals surface area (Å²) in [6, 6.07) is 6.92. The van der Waals surface area contributed by atoms with Crippen LogP contribution < -0.4 is 5.32 Å². The first-order chi connectivity index (χ1) is 15.4. The van der Waals surface area contributed by atoms with Gasteiger partial charge in [0.2, 0.25) is 11.8 Å². The van der Waals surface area contributed by atoms with Gasteiger partial charge >= 0.3 is 0 Å².